The second-order valence-electron chi connectivity index (χ2n) is 8.39. The van der Waals surface area contributed by atoms with E-state index in [0.29, 0.717) is 11.1 Å². The van der Waals surface area contributed by atoms with Crippen LogP contribution in [0.5, 0.6) is 0 Å². The number of thioether (sulfide) groups is 1. The van der Waals surface area contributed by atoms with E-state index < -0.39 is 0 Å². The van der Waals surface area contributed by atoms with Gasteiger partial charge < -0.3 is 0 Å². The fourth-order valence-electron chi connectivity index (χ4n) is 4.15. The number of benzene rings is 2. The number of rotatable bonds is 6. The van der Waals surface area contributed by atoms with Crippen LogP contribution in [0.2, 0.25) is 0 Å². The van der Waals surface area contributed by atoms with Crippen molar-refractivity contribution in [3.8, 4) is 5.69 Å². The SMILES string of the molecule is CC1CCc2c(sc3nc(SCC(=O)N/N=C/c4ccccc4)n(-c4ccccc4)c(=O)c23)C1. The number of carbonyl (C=O) groups is 1. The van der Waals surface area contributed by atoms with Gasteiger partial charge in [-0.1, -0.05) is 67.2 Å². The van der Waals surface area contributed by atoms with Crippen LogP contribution in [0.25, 0.3) is 15.9 Å². The van der Waals surface area contributed by atoms with E-state index >= 15 is 0 Å². The number of nitrogens with one attached hydrogen (secondary N) is 1. The molecule has 1 aliphatic carbocycles. The molecule has 1 amide bonds. The molecule has 1 atom stereocenters. The molecule has 4 aromatic rings. The Morgan fingerprint density at radius 3 is 2.71 bits per heavy atom. The Morgan fingerprint density at radius 2 is 1.94 bits per heavy atom. The normalized spacial score (nSPS) is 15.5. The molecule has 0 aliphatic heterocycles. The summed E-state index contributed by atoms with van der Waals surface area (Å²) in [6, 6.07) is 19.1. The molecule has 0 spiro atoms. The molecular formula is C26H24N4O2S2. The molecule has 6 nitrogen and oxygen atoms in total. The van der Waals surface area contributed by atoms with Gasteiger partial charge in [-0.05, 0) is 48.4 Å². The number of carbonyl (C=O) groups excluding carboxylic acids is 1. The monoisotopic (exact) mass is 488 g/mol. The van der Waals surface area contributed by atoms with Crippen LogP contribution in [-0.4, -0.2) is 27.4 Å². The third-order valence-electron chi connectivity index (χ3n) is 5.85. The number of hydrogen-bond acceptors (Lipinski definition) is 6. The zero-order chi connectivity index (χ0) is 23.5. The van der Waals surface area contributed by atoms with Crippen LogP contribution in [0, 0.1) is 5.92 Å². The Kier molecular flexibility index (Phi) is 6.60. The van der Waals surface area contributed by atoms with Gasteiger partial charge in [0.2, 0.25) is 0 Å². The van der Waals surface area contributed by atoms with E-state index in [1.54, 1.807) is 22.1 Å². The third-order valence-corrected chi connectivity index (χ3v) is 7.93. The molecular weight excluding hydrogens is 464 g/mol. The van der Waals surface area contributed by atoms with E-state index in [0.717, 1.165) is 46.3 Å². The van der Waals surface area contributed by atoms with Crippen molar-refractivity contribution in [3.63, 3.8) is 0 Å². The predicted octanol–water partition coefficient (Wildman–Crippen LogP) is 4.81. The van der Waals surface area contributed by atoms with Gasteiger partial charge in [-0.2, -0.15) is 5.10 Å². The highest BCUT2D eigenvalue weighted by Gasteiger charge is 2.25. The van der Waals surface area contributed by atoms with Gasteiger partial charge in [0.1, 0.15) is 4.83 Å². The molecule has 2 aromatic heterocycles. The Morgan fingerprint density at radius 1 is 1.21 bits per heavy atom. The van der Waals surface area contributed by atoms with Crippen LogP contribution >= 0.6 is 23.1 Å². The number of hydrogen-bond donors (Lipinski definition) is 1. The zero-order valence-electron chi connectivity index (χ0n) is 18.7. The molecule has 0 radical (unpaired) electrons. The molecule has 1 aliphatic rings. The fourth-order valence-corrected chi connectivity index (χ4v) is 6.38. The summed E-state index contributed by atoms with van der Waals surface area (Å²) in [5, 5.41) is 5.27. The minimum atomic E-state index is -0.259. The van der Waals surface area contributed by atoms with Crippen molar-refractivity contribution in [1.82, 2.24) is 15.0 Å². The molecule has 0 fully saturated rings. The molecule has 34 heavy (non-hydrogen) atoms. The summed E-state index contributed by atoms with van der Waals surface area (Å²) in [5.41, 5.74) is 5.30. The van der Waals surface area contributed by atoms with Crippen molar-refractivity contribution in [2.45, 2.75) is 31.3 Å². The predicted molar refractivity (Wildman–Crippen MR) is 139 cm³/mol. The number of thiophene rings is 1. The van der Waals surface area contributed by atoms with Crippen LogP contribution in [0.1, 0.15) is 29.3 Å². The molecule has 0 saturated heterocycles. The summed E-state index contributed by atoms with van der Waals surface area (Å²) in [7, 11) is 0. The summed E-state index contributed by atoms with van der Waals surface area (Å²) in [4.78, 5) is 33.1. The molecule has 1 N–H and O–H groups in total. The first-order chi connectivity index (χ1) is 16.6. The summed E-state index contributed by atoms with van der Waals surface area (Å²) >= 11 is 2.86. The van der Waals surface area contributed by atoms with Crippen molar-refractivity contribution in [2.24, 2.45) is 11.0 Å². The highest BCUT2D eigenvalue weighted by molar-refractivity contribution is 7.99. The van der Waals surface area contributed by atoms with Crippen LogP contribution < -0.4 is 11.0 Å². The Balaban J connectivity index is 1.44. The summed E-state index contributed by atoms with van der Waals surface area (Å²) < 4.78 is 1.64. The van der Waals surface area contributed by atoms with Crippen molar-refractivity contribution in [2.75, 3.05) is 5.75 Å². The van der Waals surface area contributed by atoms with E-state index in [9.17, 15) is 9.59 Å². The molecule has 0 bridgehead atoms. The van der Waals surface area contributed by atoms with E-state index in [1.807, 2.05) is 60.7 Å². The van der Waals surface area contributed by atoms with Gasteiger partial charge in [0, 0.05) is 4.88 Å². The van der Waals surface area contributed by atoms with Gasteiger partial charge in [0.15, 0.2) is 5.16 Å². The summed E-state index contributed by atoms with van der Waals surface area (Å²) in [5.74, 6) is 0.454. The smallest absolute Gasteiger partial charge is 0.267 e. The lowest BCUT2D eigenvalue weighted by Gasteiger charge is -2.17. The number of fused-ring (bicyclic) bond motifs is 3. The van der Waals surface area contributed by atoms with E-state index in [-0.39, 0.29) is 17.2 Å². The van der Waals surface area contributed by atoms with Crippen molar-refractivity contribution in [3.05, 3.63) is 87.0 Å². The average molecular weight is 489 g/mol. The summed E-state index contributed by atoms with van der Waals surface area (Å²) in [6.07, 6.45) is 4.59. The number of amides is 1. The first kappa shape index (κ1) is 22.6. The number of nitrogens with zero attached hydrogens (tertiary/aromatic N) is 3. The lowest BCUT2D eigenvalue weighted by molar-refractivity contribution is -0.118. The Labute approximate surface area is 205 Å². The molecule has 8 heteroatoms. The maximum Gasteiger partial charge on any atom is 0.267 e. The Bertz CT molecular complexity index is 1410. The highest BCUT2D eigenvalue weighted by Crippen LogP contribution is 2.36. The molecule has 1 unspecified atom stereocenters. The van der Waals surface area contributed by atoms with Gasteiger partial charge in [0.05, 0.1) is 23.0 Å². The van der Waals surface area contributed by atoms with E-state index in [4.69, 9.17) is 4.98 Å². The summed E-state index contributed by atoms with van der Waals surface area (Å²) in [6.45, 7) is 2.25. The highest BCUT2D eigenvalue weighted by atomic mass is 32.2. The number of aryl methyl sites for hydroxylation is 1. The minimum absolute atomic E-state index is 0.0618. The van der Waals surface area contributed by atoms with Gasteiger partial charge in [-0.25, -0.2) is 10.4 Å². The maximum atomic E-state index is 13.7. The van der Waals surface area contributed by atoms with Gasteiger partial charge >= 0.3 is 0 Å². The lowest BCUT2D eigenvalue weighted by Crippen LogP contribution is -2.24. The number of para-hydroxylation sites is 1. The molecule has 172 valence electrons. The average Bonchev–Trinajstić information content (AvgIpc) is 3.21. The second kappa shape index (κ2) is 9.95. The Hall–Kier alpha value is -3.23. The number of aromatic nitrogens is 2. The van der Waals surface area contributed by atoms with Gasteiger partial charge in [-0.15, -0.1) is 11.3 Å². The van der Waals surface area contributed by atoms with Crippen LogP contribution in [0.3, 0.4) is 0 Å². The third kappa shape index (κ3) is 4.69. The molecule has 2 heterocycles. The molecule has 2 aromatic carbocycles. The van der Waals surface area contributed by atoms with Crippen molar-refractivity contribution in [1.29, 1.82) is 0 Å². The first-order valence-electron chi connectivity index (χ1n) is 11.2. The standard InChI is InChI=1S/C26H24N4O2S2/c1-17-12-13-20-21(14-17)34-24-23(20)25(32)30(19-10-6-3-7-11-19)26(28-24)33-16-22(31)29-27-15-18-8-4-2-5-9-18/h2-11,15,17H,12-14,16H2,1H3,(H,29,31)/b27-15+. The van der Waals surface area contributed by atoms with Crippen molar-refractivity contribution >= 4 is 45.4 Å². The van der Waals surface area contributed by atoms with Crippen LogP contribution in [0.4, 0.5) is 0 Å². The van der Waals surface area contributed by atoms with Gasteiger partial charge in [0.25, 0.3) is 11.5 Å². The first-order valence-corrected chi connectivity index (χ1v) is 13.0. The maximum absolute atomic E-state index is 13.7. The number of hydrazone groups is 1. The van der Waals surface area contributed by atoms with E-state index in [1.165, 1.54) is 16.6 Å². The van der Waals surface area contributed by atoms with E-state index in [2.05, 4.69) is 17.5 Å². The largest absolute Gasteiger partial charge is 0.272 e. The molecule has 5 rings (SSSR count). The minimum Gasteiger partial charge on any atom is -0.272 e. The van der Waals surface area contributed by atoms with Crippen LogP contribution in [0.15, 0.2) is 75.7 Å². The molecule has 0 saturated carbocycles. The quantitative estimate of drug-likeness (QED) is 0.183. The van der Waals surface area contributed by atoms with Crippen LogP contribution in [-0.2, 0) is 17.6 Å². The van der Waals surface area contributed by atoms with Gasteiger partial charge in [-0.3, -0.25) is 14.2 Å². The topological polar surface area (TPSA) is 76.3 Å². The fraction of sp³-hybridized carbons (Fsp3) is 0.231. The second-order valence-corrected chi connectivity index (χ2v) is 10.4. The zero-order valence-corrected chi connectivity index (χ0v) is 20.4. The lowest BCUT2D eigenvalue weighted by atomic mass is 9.89. The van der Waals surface area contributed by atoms with Crippen molar-refractivity contribution < 1.29 is 4.79 Å².